The van der Waals surface area contributed by atoms with Crippen molar-refractivity contribution in [3.63, 3.8) is 0 Å². The van der Waals surface area contributed by atoms with Crippen molar-refractivity contribution in [3.05, 3.63) is 35.9 Å². The van der Waals surface area contributed by atoms with Crippen molar-refractivity contribution in [1.82, 2.24) is 0 Å². The number of rotatable bonds is 7. The van der Waals surface area contributed by atoms with Crippen molar-refractivity contribution in [2.75, 3.05) is 6.54 Å². The molecule has 0 saturated carbocycles. The molecular formula is C13H17NO4. The standard InChI is InChI=1S/C13H17NO4/c14-8-4-7-11(12(15)16)13(17)18-9-10-5-2-1-3-6-10/h1-3,5-6,11H,4,7-9,14H2,(H,15,16). The smallest absolute Gasteiger partial charge is 0.320 e. The summed E-state index contributed by atoms with van der Waals surface area (Å²) in [5.41, 5.74) is 6.12. The highest BCUT2D eigenvalue weighted by Crippen LogP contribution is 2.11. The topological polar surface area (TPSA) is 89.6 Å². The fourth-order valence-corrected chi connectivity index (χ4v) is 1.49. The molecule has 1 atom stereocenters. The van der Waals surface area contributed by atoms with Crippen LogP contribution in [0.25, 0.3) is 0 Å². The molecule has 0 aromatic heterocycles. The Morgan fingerprint density at radius 3 is 2.50 bits per heavy atom. The summed E-state index contributed by atoms with van der Waals surface area (Å²) < 4.78 is 4.99. The molecule has 1 aromatic rings. The third kappa shape index (κ3) is 4.55. The van der Waals surface area contributed by atoms with E-state index in [1.807, 2.05) is 30.3 Å². The van der Waals surface area contributed by atoms with Crippen LogP contribution in [0.1, 0.15) is 18.4 Å². The second-order valence-electron chi connectivity index (χ2n) is 3.92. The molecule has 0 bridgehead atoms. The maximum Gasteiger partial charge on any atom is 0.320 e. The van der Waals surface area contributed by atoms with Crippen LogP contribution >= 0.6 is 0 Å². The van der Waals surface area contributed by atoms with Gasteiger partial charge in [-0.3, -0.25) is 9.59 Å². The van der Waals surface area contributed by atoms with Crippen LogP contribution in [0.3, 0.4) is 0 Å². The van der Waals surface area contributed by atoms with E-state index >= 15 is 0 Å². The van der Waals surface area contributed by atoms with Gasteiger partial charge in [0.05, 0.1) is 0 Å². The Morgan fingerprint density at radius 1 is 1.28 bits per heavy atom. The lowest BCUT2D eigenvalue weighted by Gasteiger charge is -2.11. The number of hydrogen-bond acceptors (Lipinski definition) is 4. The molecule has 0 aliphatic rings. The number of carboxylic acid groups (broad SMARTS) is 1. The minimum absolute atomic E-state index is 0.0894. The van der Waals surface area contributed by atoms with E-state index in [1.165, 1.54) is 0 Å². The average Bonchev–Trinajstić information content (AvgIpc) is 2.37. The molecule has 0 amide bonds. The maximum absolute atomic E-state index is 11.6. The number of hydrogen-bond donors (Lipinski definition) is 2. The van der Waals surface area contributed by atoms with Gasteiger partial charge in [-0.2, -0.15) is 0 Å². The Kier molecular flexibility index (Phi) is 5.87. The van der Waals surface area contributed by atoms with E-state index < -0.39 is 17.9 Å². The van der Waals surface area contributed by atoms with Gasteiger partial charge in [0.25, 0.3) is 0 Å². The van der Waals surface area contributed by atoms with Gasteiger partial charge in [-0.1, -0.05) is 30.3 Å². The summed E-state index contributed by atoms with van der Waals surface area (Å²) in [7, 11) is 0. The first kappa shape index (κ1) is 14.2. The summed E-state index contributed by atoms with van der Waals surface area (Å²) in [4.78, 5) is 22.5. The summed E-state index contributed by atoms with van der Waals surface area (Å²) in [5.74, 6) is -3.00. The predicted molar refractivity (Wildman–Crippen MR) is 65.7 cm³/mol. The number of carboxylic acids is 1. The van der Waals surface area contributed by atoms with Gasteiger partial charge in [-0.25, -0.2) is 0 Å². The van der Waals surface area contributed by atoms with Gasteiger partial charge >= 0.3 is 11.9 Å². The summed E-state index contributed by atoms with van der Waals surface area (Å²) >= 11 is 0. The second kappa shape index (κ2) is 7.45. The van der Waals surface area contributed by atoms with Crippen LogP contribution in [0.15, 0.2) is 30.3 Å². The van der Waals surface area contributed by atoms with Crippen molar-refractivity contribution in [2.24, 2.45) is 11.7 Å². The molecule has 1 rings (SSSR count). The lowest BCUT2D eigenvalue weighted by atomic mass is 10.0. The van der Waals surface area contributed by atoms with Gasteiger partial charge in [-0.15, -0.1) is 0 Å². The largest absolute Gasteiger partial charge is 0.481 e. The number of carbonyl (C=O) groups excluding carboxylic acids is 1. The lowest BCUT2D eigenvalue weighted by Crippen LogP contribution is -2.26. The number of benzene rings is 1. The highest BCUT2D eigenvalue weighted by atomic mass is 16.5. The van der Waals surface area contributed by atoms with E-state index in [0.29, 0.717) is 13.0 Å². The second-order valence-corrected chi connectivity index (χ2v) is 3.92. The fraction of sp³-hybridized carbons (Fsp3) is 0.385. The molecule has 0 fully saturated rings. The molecule has 0 heterocycles. The summed E-state index contributed by atoms with van der Waals surface area (Å²) in [6.45, 7) is 0.446. The minimum Gasteiger partial charge on any atom is -0.481 e. The molecule has 1 aromatic carbocycles. The highest BCUT2D eigenvalue weighted by Gasteiger charge is 2.27. The van der Waals surface area contributed by atoms with Crippen LogP contribution in [0.4, 0.5) is 0 Å². The SMILES string of the molecule is NCCCC(C(=O)O)C(=O)OCc1ccccc1. The van der Waals surface area contributed by atoms with E-state index in [2.05, 4.69) is 0 Å². The summed E-state index contributed by atoms with van der Waals surface area (Å²) in [5, 5.41) is 8.93. The number of ether oxygens (including phenoxy) is 1. The Hall–Kier alpha value is -1.88. The van der Waals surface area contributed by atoms with Gasteiger partial charge in [0.15, 0.2) is 5.92 Å². The maximum atomic E-state index is 11.6. The van der Waals surface area contributed by atoms with Crippen molar-refractivity contribution in [3.8, 4) is 0 Å². The van der Waals surface area contributed by atoms with Crippen LogP contribution in [0, 0.1) is 5.92 Å². The molecule has 0 saturated heterocycles. The van der Waals surface area contributed by atoms with Crippen molar-refractivity contribution < 1.29 is 19.4 Å². The molecule has 18 heavy (non-hydrogen) atoms. The van der Waals surface area contributed by atoms with Crippen LogP contribution in [0.2, 0.25) is 0 Å². The van der Waals surface area contributed by atoms with Gasteiger partial charge in [0, 0.05) is 0 Å². The fourth-order valence-electron chi connectivity index (χ4n) is 1.49. The van der Waals surface area contributed by atoms with E-state index in [1.54, 1.807) is 0 Å². The van der Waals surface area contributed by atoms with Gasteiger partial charge in [0.2, 0.25) is 0 Å². The highest BCUT2D eigenvalue weighted by molar-refractivity contribution is 5.93. The third-order valence-electron chi connectivity index (χ3n) is 2.50. The molecule has 3 N–H and O–H groups in total. The number of aliphatic carboxylic acids is 1. The Labute approximate surface area is 106 Å². The molecule has 0 aliphatic heterocycles. The van der Waals surface area contributed by atoms with Crippen molar-refractivity contribution in [1.29, 1.82) is 0 Å². The van der Waals surface area contributed by atoms with Crippen molar-refractivity contribution in [2.45, 2.75) is 19.4 Å². The molecule has 0 radical (unpaired) electrons. The zero-order valence-corrected chi connectivity index (χ0v) is 10.0. The lowest BCUT2D eigenvalue weighted by molar-refractivity contribution is -0.159. The predicted octanol–water partition coefficient (Wildman–Crippen LogP) is 1.17. The number of carbonyl (C=O) groups is 2. The van der Waals surface area contributed by atoms with Crippen LogP contribution in [0.5, 0.6) is 0 Å². The Morgan fingerprint density at radius 2 is 1.94 bits per heavy atom. The molecule has 0 spiro atoms. The quantitative estimate of drug-likeness (QED) is 0.561. The van der Waals surface area contributed by atoms with Crippen LogP contribution in [-0.4, -0.2) is 23.6 Å². The van der Waals surface area contributed by atoms with Gasteiger partial charge in [0.1, 0.15) is 6.61 Å². The van der Waals surface area contributed by atoms with Crippen LogP contribution in [-0.2, 0) is 20.9 Å². The summed E-state index contributed by atoms with van der Waals surface area (Å²) in [6, 6.07) is 9.12. The molecule has 5 nitrogen and oxygen atoms in total. The van der Waals surface area contributed by atoms with Crippen molar-refractivity contribution >= 4 is 11.9 Å². The van der Waals surface area contributed by atoms with Gasteiger partial charge in [-0.05, 0) is 24.9 Å². The first-order valence-corrected chi connectivity index (χ1v) is 5.78. The number of esters is 1. The molecule has 1 unspecified atom stereocenters. The first-order chi connectivity index (χ1) is 8.65. The van der Waals surface area contributed by atoms with Gasteiger partial charge < -0.3 is 15.6 Å². The average molecular weight is 251 g/mol. The molecule has 0 aliphatic carbocycles. The molecular weight excluding hydrogens is 234 g/mol. The summed E-state index contributed by atoms with van der Waals surface area (Å²) in [6.07, 6.45) is 0.691. The third-order valence-corrected chi connectivity index (χ3v) is 2.50. The van der Waals surface area contributed by atoms with Crippen LogP contribution < -0.4 is 5.73 Å². The van der Waals surface area contributed by atoms with E-state index in [0.717, 1.165) is 5.56 Å². The van der Waals surface area contributed by atoms with E-state index in [4.69, 9.17) is 15.6 Å². The molecule has 98 valence electrons. The Bertz CT molecular complexity index is 391. The Balaban J connectivity index is 2.49. The zero-order chi connectivity index (χ0) is 13.4. The number of nitrogens with two attached hydrogens (primary N) is 1. The normalized spacial score (nSPS) is 11.8. The van der Waals surface area contributed by atoms with E-state index in [9.17, 15) is 9.59 Å². The minimum atomic E-state index is -1.17. The first-order valence-electron chi connectivity index (χ1n) is 5.78. The van der Waals surface area contributed by atoms with E-state index in [-0.39, 0.29) is 13.0 Å². The monoisotopic (exact) mass is 251 g/mol. The zero-order valence-electron chi connectivity index (χ0n) is 10.0. The molecule has 5 heteroatoms.